The molecule has 0 spiro atoms. The number of halogens is 1. The summed E-state index contributed by atoms with van der Waals surface area (Å²) in [7, 11) is 4.11. The zero-order chi connectivity index (χ0) is 21.3. The molecule has 4 nitrogen and oxygen atoms in total. The third-order valence-corrected chi connectivity index (χ3v) is 5.89. The molecule has 30 heavy (non-hydrogen) atoms. The standard InChI is InChI=1S/C25H29FN4/c1-17-25(18(2)30(28-17)24-13-8-21(26)9-14-24)20-7-10-22(15-20)27-16-19-5-11-23(12-6-19)29(3)4/h5-14,20,22,27H,15-16H2,1-4H3. The molecular formula is C25H29FN4. The van der Waals surface area contributed by atoms with E-state index in [2.05, 4.69) is 74.6 Å². The van der Waals surface area contributed by atoms with Gasteiger partial charge in [0.15, 0.2) is 0 Å². The largest absolute Gasteiger partial charge is 0.378 e. The highest BCUT2D eigenvalue weighted by atomic mass is 19.1. The van der Waals surface area contributed by atoms with Crippen molar-refractivity contribution in [1.82, 2.24) is 15.1 Å². The number of rotatable bonds is 6. The molecule has 156 valence electrons. The highest BCUT2D eigenvalue weighted by molar-refractivity contribution is 5.46. The van der Waals surface area contributed by atoms with Crippen molar-refractivity contribution in [2.75, 3.05) is 19.0 Å². The van der Waals surface area contributed by atoms with Crippen LogP contribution in [0.4, 0.5) is 10.1 Å². The molecule has 1 aromatic heterocycles. The molecule has 4 rings (SSSR count). The van der Waals surface area contributed by atoms with E-state index in [-0.39, 0.29) is 5.82 Å². The minimum atomic E-state index is -0.232. The van der Waals surface area contributed by atoms with Crippen LogP contribution in [0.25, 0.3) is 5.69 Å². The van der Waals surface area contributed by atoms with Crippen molar-refractivity contribution < 1.29 is 4.39 Å². The first-order valence-corrected chi connectivity index (χ1v) is 10.4. The van der Waals surface area contributed by atoms with Crippen LogP contribution in [0, 0.1) is 19.7 Å². The molecule has 1 N–H and O–H groups in total. The molecule has 1 aliphatic carbocycles. The molecule has 2 unspecified atom stereocenters. The average molecular weight is 405 g/mol. The Kier molecular flexibility index (Phi) is 5.73. The number of anilines is 1. The Hall–Kier alpha value is -2.92. The van der Waals surface area contributed by atoms with Gasteiger partial charge in [-0.2, -0.15) is 5.10 Å². The molecule has 1 aliphatic rings. The van der Waals surface area contributed by atoms with Gasteiger partial charge in [-0.1, -0.05) is 24.3 Å². The SMILES string of the molecule is Cc1nn(-c2ccc(F)cc2)c(C)c1C1C=CC(NCc2ccc(N(C)C)cc2)C1. The lowest BCUT2D eigenvalue weighted by Crippen LogP contribution is -2.25. The summed E-state index contributed by atoms with van der Waals surface area (Å²) in [5, 5.41) is 8.39. The molecule has 2 aromatic carbocycles. The van der Waals surface area contributed by atoms with Gasteiger partial charge in [0.05, 0.1) is 11.4 Å². The van der Waals surface area contributed by atoms with Gasteiger partial charge in [-0.15, -0.1) is 0 Å². The zero-order valence-corrected chi connectivity index (χ0v) is 18.1. The summed E-state index contributed by atoms with van der Waals surface area (Å²) in [6.07, 6.45) is 5.58. The first kappa shape index (κ1) is 20.4. The predicted octanol–water partition coefficient (Wildman–Crippen LogP) is 4.90. The Balaban J connectivity index is 1.42. The van der Waals surface area contributed by atoms with Gasteiger partial charge in [-0.05, 0) is 62.2 Å². The molecule has 5 heteroatoms. The summed E-state index contributed by atoms with van der Waals surface area (Å²) in [5.41, 5.74) is 6.81. The summed E-state index contributed by atoms with van der Waals surface area (Å²) < 4.78 is 15.2. The summed E-state index contributed by atoms with van der Waals surface area (Å²) in [6, 6.07) is 15.5. The fraction of sp³-hybridized carbons (Fsp3) is 0.320. The van der Waals surface area contributed by atoms with Crippen LogP contribution in [0.2, 0.25) is 0 Å². The number of aromatic nitrogens is 2. The molecule has 1 heterocycles. The maximum Gasteiger partial charge on any atom is 0.123 e. The zero-order valence-electron chi connectivity index (χ0n) is 18.1. The molecule has 2 atom stereocenters. The van der Waals surface area contributed by atoms with Crippen molar-refractivity contribution in [2.24, 2.45) is 0 Å². The maximum atomic E-state index is 13.3. The van der Waals surface area contributed by atoms with Crippen molar-refractivity contribution in [3.05, 3.63) is 89.0 Å². The summed E-state index contributed by atoms with van der Waals surface area (Å²) in [6.45, 7) is 5.01. The Bertz CT molecular complexity index is 1030. The molecule has 0 amide bonds. The van der Waals surface area contributed by atoms with E-state index in [0.717, 1.165) is 30.0 Å². The van der Waals surface area contributed by atoms with Crippen molar-refractivity contribution in [3.63, 3.8) is 0 Å². The summed E-state index contributed by atoms with van der Waals surface area (Å²) >= 11 is 0. The molecule has 0 aliphatic heterocycles. The fourth-order valence-electron chi connectivity index (χ4n) is 4.25. The van der Waals surface area contributed by atoms with Gasteiger partial charge in [0, 0.05) is 49.5 Å². The normalized spacial score (nSPS) is 18.2. The summed E-state index contributed by atoms with van der Waals surface area (Å²) in [5.74, 6) is 0.109. The Morgan fingerprint density at radius 1 is 1.03 bits per heavy atom. The van der Waals surface area contributed by atoms with Crippen LogP contribution in [-0.2, 0) is 6.54 Å². The van der Waals surface area contributed by atoms with Gasteiger partial charge in [0.1, 0.15) is 5.82 Å². The molecule has 0 bridgehead atoms. The Morgan fingerprint density at radius 3 is 2.40 bits per heavy atom. The topological polar surface area (TPSA) is 33.1 Å². The van der Waals surface area contributed by atoms with E-state index in [4.69, 9.17) is 5.10 Å². The number of nitrogens with one attached hydrogen (secondary N) is 1. The van der Waals surface area contributed by atoms with Crippen LogP contribution in [0.5, 0.6) is 0 Å². The smallest absolute Gasteiger partial charge is 0.123 e. The summed E-state index contributed by atoms with van der Waals surface area (Å²) in [4.78, 5) is 2.11. The van der Waals surface area contributed by atoms with Crippen LogP contribution < -0.4 is 10.2 Å². The van der Waals surface area contributed by atoms with Gasteiger partial charge >= 0.3 is 0 Å². The van der Waals surface area contributed by atoms with E-state index in [1.807, 2.05) is 4.68 Å². The number of nitrogens with zero attached hydrogens (tertiary/aromatic N) is 3. The Labute approximate surface area is 178 Å². The average Bonchev–Trinajstić information content (AvgIpc) is 3.31. The van der Waals surface area contributed by atoms with Gasteiger partial charge in [0.25, 0.3) is 0 Å². The van der Waals surface area contributed by atoms with E-state index >= 15 is 0 Å². The highest BCUT2D eigenvalue weighted by Crippen LogP contribution is 2.34. The van der Waals surface area contributed by atoms with Gasteiger partial charge in [-0.25, -0.2) is 9.07 Å². The van der Waals surface area contributed by atoms with E-state index in [1.54, 1.807) is 12.1 Å². The van der Waals surface area contributed by atoms with Crippen molar-refractivity contribution in [3.8, 4) is 5.69 Å². The van der Waals surface area contributed by atoms with Crippen LogP contribution in [0.1, 0.15) is 34.9 Å². The van der Waals surface area contributed by atoms with Crippen LogP contribution >= 0.6 is 0 Å². The predicted molar refractivity (Wildman–Crippen MR) is 121 cm³/mol. The second kappa shape index (κ2) is 8.44. The second-order valence-corrected chi connectivity index (χ2v) is 8.25. The van der Waals surface area contributed by atoms with E-state index in [9.17, 15) is 4.39 Å². The van der Waals surface area contributed by atoms with Gasteiger partial charge in [-0.3, -0.25) is 0 Å². The molecular weight excluding hydrogens is 375 g/mol. The minimum absolute atomic E-state index is 0.232. The lowest BCUT2D eigenvalue weighted by Gasteiger charge is -2.16. The molecule has 0 saturated heterocycles. The number of hydrogen-bond acceptors (Lipinski definition) is 3. The van der Waals surface area contributed by atoms with Crippen LogP contribution in [-0.4, -0.2) is 29.9 Å². The van der Waals surface area contributed by atoms with Gasteiger partial charge < -0.3 is 10.2 Å². The lowest BCUT2D eigenvalue weighted by atomic mass is 9.96. The van der Waals surface area contributed by atoms with Crippen LogP contribution in [0.15, 0.2) is 60.7 Å². The van der Waals surface area contributed by atoms with Crippen LogP contribution in [0.3, 0.4) is 0 Å². The van der Waals surface area contributed by atoms with E-state index < -0.39 is 0 Å². The van der Waals surface area contributed by atoms with Gasteiger partial charge in [0.2, 0.25) is 0 Å². The molecule has 0 fully saturated rings. The fourth-order valence-corrected chi connectivity index (χ4v) is 4.25. The maximum absolute atomic E-state index is 13.3. The first-order valence-electron chi connectivity index (χ1n) is 10.4. The second-order valence-electron chi connectivity index (χ2n) is 8.25. The first-order chi connectivity index (χ1) is 14.4. The third-order valence-electron chi connectivity index (χ3n) is 5.89. The monoisotopic (exact) mass is 404 g/mol. The molecule has 0 saturated carbocycles. The Morgan fingerprint density at radius 2 is 1.73 bits per heavy atom. The number of benzene rings is 2. The van der Waals surface area contributed by atoms with Crippen molar-refractivity contribution >= 4 is 5.69 Å². The van der Waals surface area contributed by atoms with Crippen molar-refractivity contribution in [1.29, 1.82) is 0 Å². The highest BCUT2D eigenvalue weighted by Gasteiger charge is 2.26. The minimum Gasteiger partial charge on any atom is -0.378 e. The van der Waals surface area contributed by atoms with Crippen molar-refractivity contribution in [2.45, 2.75) is 38.8 Å². The van der Waals surface area contributed by atoms with E-state index in [1.165, 1.54) is 28.9 Å². The third kappa shape index (κ3) is 4.17. The quantitative estimate of drug-likeness (QED) is 0.594. The number of allylic oxidation sites excluding steroid dienone is 1. The molecule has 3 aromatic rings. The molecule has 0 radical (unpaired) electrons. The number of hydrogen-bond donors (Lipinski definition) is 1. The lowest BCUT2D eigenvalue weighted by molar-refractivity contribution is 0.559. The van der Waals surface area contributed by atoms with E-state index in [0.29, 0.717) is 12.0 Å². The number of aryl methyl sites for hydroxylation is 1.